The molecule has 2 fully saturated rings. The lowest BCUT2D eigenvalue weighted by Crippen LogP contribution is -2.45. The number of nitro groups is 1. The molecule has 3 rings (SSSR count). The van der Waals surface area contributed by atoms with Gasteiger partial charge < -0.3 is 15.5 Å². The Labute approximate surface area is 184 Å². The van der Waals surface area contributed by atoms with Crippen molar-refractivity contribution in [2.45, 2.75) is 63.8 Å². The number of aryl methyl sites for hydroxylation is 1. The Kier molecular flexibility index (Phi) is 8.67. The van der Waals surface area contributed by atoms with Gasteiger partial charge in [0.25, 0.3) is 5.69 Å². The minimum absolute atomic E-state index is 0.131. The predicted octanol–water partition coefficient (Wildman–Crippen LogP) is 3.26. The van der Waals surface area contributed by atoms with E-state index >= 15 is 0 Å². The summed E-state index contributed by atoms with van der Waals surface area (Å²) in [6.07, 6.45) is 9.58. The highest BCUT2D eigenvalue weighted by atomic mass is 16.6. The summed E-state index contributed by atoms with van der Waals surface area (Å²) in [5.74, 6) is 1.37. The van der Waals surface area contributed by atoms with Gasteiger partial charge in [0.1, 0.15) is 0 Å². The van der Waals surface area contributed by atoms with Gasteiger partial charge in [-0.25, -0.2) is 0 Å². The van der Waals surface area contributed by atoms with Crippen molar-refractivity contribution in [3.05, 3.63) is 39.9 Å². The summed E-state index contributed by atoms with van der Waals surface area (Å²) in [6, 6.07) is 7.02. The molecule has 8 nitrogen and oxygen atoms in total. The maximum absolute atomic E-state index is 12.7. The van der Waals surface area contributed by atoms with Crippen LogP contribution >= 0.6 is 0 Å². The van der Waals surface area contributed by atoms with Crippen molar-refractivity contribution in [1.29, 1.82) is 0 Å². The second kappa shape index (κ2) is 11.7. The molecule has 0 bridgehead atoms. The summed E-state index contributed by atoms with van der Waals surface area (Å²) in [7, 11) is 1.77. The van der Waals surface area contributed by atoms with Gasteiger partial charge in [0.15, 0.2) is 5.96 Å². The lowest BCUT2D eigenvalue weighted by atomic mass is 9.88. The molecule has 1 aliphatic carbocycles. The van der Waals surface area contributed by atoms with Gasteiger partial charge in [0.2, 0.25) is 5.91 Å². The van der Waals surface area contributed by atoms with Gasteiger partial charge in [-0.1, -0.05) is 31.4 Å². The summed E-state index contributed by atoms with van der Waals surface area (Å²) in [5, 5.41) is 17.5. The zero-order valence-corrected chi connectivity index (χ0v) is 18.5. The first kappa shape index (κ1) is 23.0. The van der Waals surface area contributed by atoms with Crippen LogP contribution in [0.3, 0.4) is 0 Å². The van der Waals surface area contributed by atoms with Crippen molar-refractivity contribution in [1.82, 2.24) is 15.5 Å². The SMILES string of the molecule is CN=C(NCCCCc1ccc([N+](=O)[O-])cc1)NC1CCN(C(=O)C2CCCCC2)C1. The Balaban J connectivity index is 1.32. The fourth-order valence-corrected chi connectivity index (χ4v) is 4.52. The number of nitro benzene ring substituents is 1. The van der Waals surface area contributed by atoms with Crippen molar-refractivity contribution in [3.8, 4) is 0 Å². The average Bonchev–Trinajstić information content (AvgIpc) is 3.27. The Morgan fingerprint density at radius 2 is 1.90 bits per heavy atom. The van der Waals surface area contributed by atoms with Gasteiger partial charge >= 0.3 is 0 Å². The fraction of sp³-hybridized carbons (Fsp3) is 0.652. The van der Waals surface area contributed by atoms with E-state index in [9.17, 15) is 14.9 Å². The molecule has 1 aromatic rings. The van der Waals surface area contributed by atoms with Gasteiger partial charge in [0.05, 0.1) is 4.92 Å². The monoisotopic (exact) mass is 429 g/mol. The molecule has 0 radical (unpaired) electrons. The Morgan fingerprint density at radius 1 is 1.16 bits per heavy atom. The van der Waals surface area contributed by atoms with E-state index in [0.29, 0.717) is 5.91 Å². The number of guanidine groups is 1. The number of nitrogens with one attached hydrogen (secondary N) is 2. The standard InChI is InChI=1S/C23H35N5O3/c1-24-23(25-15-6-5-7-18-10-12-21(13-11-18)28(30)31)26-20-14-16-27(17-20)22(29)19-8-3-2-4-9-19/h10-13,19-20H,2-9,14-17H2,1H3,(H2,24,25,26). The molecule has 8 heteroatoms. The van der Waals surface area contributed by atoms with E-state index in [2.05, 4.69) is 15.6 Å². The average molecular weight is 430 g/mol. The van der Waals surface area contributed by atoms with E-state index < -0.39 is 0 Å². The molecule has 2 aliphatic rings. The summed E-state index contributed by atoms with van der Waals surface area (Å²) >= 11 is 0. The molecule has 31 heavy (non-hydrogen) atoms. The number of unbranched alkanes of at least 4 members (excludes halogenated alkanes) is 1. The summed E-state index contributed by atoms with van der Waals surface area (Å²) in [4.78, 5) is 29.4. The van der Waals surface area contributed by atoms with E-state index in [4.69, 9.17) is 0 Å². The van der Waals surface area contributed by atoms with Gasteiger partial charge in [-0.3, -0.25) is 19.9 Å². The first-order valence-electron chi connectivity index (χ1n) is 11.6. The highest BCUT2D eigenvalue weighted by Crippen LogP contribution is 2.26. The predicted molar refractivity (Wildman–Crippen MR) is 122 cm³/mol. The number of carbonyl (C=O) groups is 1. The number of hydrogen-bond donors (Lipinski definition) is 2. The zero-order valence-electron chi connectivity index (χ0n) is 18.5. The third-order valence-electron chi connectivity index (χ3n) is 6.35. The number of likely N-dealkylation sites (tertiary alicyclic amines) is 1. The Bertz CT molecular complexity index is 759. The number of nitrogens with zero attached hydrogens (tertiary/aromatic N) is 3. The molecule has 2 N–H and O–H groups in total. The van der Waals surface area contributed by atoms with Crippen LogP contribution in [0.1, 0.15) is 56.9 Å². The number of carbonyl (C=O) groups excluding carboxylic acids is 1. The Hall–Kier alpha value is -2.64. The van der Waals surface area contributed by atoms with Crippen LogP contribution in [0.4, 0.5) is 5.69 Å². The second-order valence-corrected chi connectivity index (χ2v) is 8.63. The normalized spacial score (nSPS) is 20.0. The van der Waals surface area contributed by atoms with Gasteiger partial charge in [-0.2, -0.15) is 0 Å². The van der Waals surface area contributed by atoms with E-state index in [-0.39, 0.29) is 22.6 Å². The van der Waals surface area contributed by atoms with Crippen LogP contribution < -0.4 is 10.6 Å². The van der Waals surface area contributed by atoms with Gasteiger partial charge in [0, 0.05) is 50.8 Å². The van der Waals surface area contributed by atoms with Crippen molar-refractivity contribution in [3.63, 3.8) is 0 Å². The van der Waals surface area contributed by atoms with Crippen LogP contribution in [0, 0.1) is 16.0 Å². The molecule has 170 valence electrons. The molecule has 1 aromatic carbocycles. The second-order valence-electron chi connectivity index (χ2n) is 8.63. The number of aliphatic imine (C=N–C) groups is 1. The Morgan fingerprint density at radius 3 is 2.58 bits per heavy atom. The van der Waals surface area contributed by atoms with E-state index in [1.54, 1.807) is 19.2 Å². The van der Waals surface area contributed by atoms with Crippen LogP contribution in [-0.4, -0.2) is 54.4 Å². The highest BCUT2D eigenvalue weighted by Gasteiger charge is 2.31. The molecule has 1 amide bonds. The van der Waals surface area contributed by atoms with Crippen LogP contribution in [0.5, 0.6) is 0 Å². The van der Waals surface area contributed by atoms with Gasteiger partial charge in [-0.05, 0) is 44.1 Å². The topological polar surface area (TPSA) is 99.9 Å². The van der Waals surface area contributed by atoms with E-state index in [0.717, 1.165) is 69.7 Å². The number of hydrogen-bond acceptors (Lipinski definition) is 4. The number of rotatable bonds is 8. The molecule has 1 atom stereocenters. The number of benzene rings is 1. The molecule has 1 saturated carbocycles. The van der Waals surface area contributed by atoms with Crippen LogP contribution in [0.2, 0.25) is 0 Å². The molecular weight excluding hydrogens is 394 g/mol. The van der Waals surface area contributed by atoms with Crippen LogP contribution in [0.25, 0.3) is 0 Å². The van der Waals surface area contributed by atoms with Gasteiger partial charge in [-0.15, -0.1) is 0 Å². The minimum atomic E-state index is -0.373. The fourth-order valence-electron chi connectivity index (χ4n) is 4.52. The first-order chi connectivity index (χ1) is 15.1. The maximum atomic E-state index is 12.7. The number of amides is 1. The number of non-ortho nitro benzene ring substituents is 1. The smallest absolute Gasteiger partial charge is 0.269 e. The van der Waals surface area contributed by atoms with Crippen molar-refractivity contribution < 1.29 is 9.72 Å². The molecule has 1 aliphatic heterocycles. The lowest BCUT2D eigenvalue weighted by Gasteiger charge is -2.26. The van der Waals surface area contributed by atoms with Crippen molar-refractivity contribution in [2.75, 3.05) is 26.7 Å². The van der Waals surface area contributed by atoms with Crippen molar-refractivity contribution in [2.24, 2.45) is 10.9 Å². The maximum Gasteiger partial charge on any atom is 0.269 e. The summed E-state index contributed by atoms with van der Waals surface area (Å²) in [5.41, 5.74) is 1.24. The quantitative estimate of drug-likeness (QED) is 0.217. The van der Waals surface area contributed by atoms with Crippen LogP contribution in [0.15, 0.2) is 29.3 Å². The first-order valence-corrected chi connectivity index (χ1v) is 11.6. The molecular formula is C23H35N5O3. The molecule has 1 saturated heterocycles. The zero-order chi connectivity index (χ0) is 22.1. The third-order valence-corrected chi connectivity index (χ3v) is 6.35. The van der Waals surface area contributed by atoms with Crippen LogP contribution in [-0.2, 0) is 11.2 Å². The minimum Gasteiger partial charge on any atom is -0.356 e. The summed E-state index contributed by atoms with van der Waals surface area (Å²) in [6.45, 7) is 2.40. The molecule has 0 aromatic heterocycles. The summed E-state index contributed by atoms with van der Waals surface area (Å²) < 4.78 is 0. The largest absolute Gasteiger partial charge is 0.356 e. The van der Waals surface area contributed by atoms with E-state index in [1.165, 1.54) is 19.3 Å². The molecule has 0 spiro atoms. The highest BCUT2D eigenvalue weighted by molar-refractivity contribution is 5.81. The third kappa shape index (κ3) is 6.94. The molecule has 1 unspecified atom stereocenters. The van der Waals surface area contributed by atoms with Crippen molar-refractivity contribution >= 4 is 17.6 Å². The lowest BCUT2D eigenvalue weighted by molar-refractivity contribution is -0.384. The van der Waals surface area contributed by atoms with E-state index in [1.807, 2.05) is 17.0 Å². The molecule has 1 heterocycles.